The number of fused-ring (bicyclic) bond motifs is 1. The Bertz CT molecular complexity index is 747. The Morgan fingerprint density at radius 1 is 1.25 bits per heavy atom. The molecular weight excluding hydrogens is 276 g/mol. The van der Waals surface area contributed by atoms with Crippen LogP contribution in [0.1, 0.15) is 17.0 Å². The van der Waals surface area contributed by atoms with Crippen LogP contribution in [0.2, 0.25) is 5.02 Å². The van der Waals surface area contributed by atoms with Gasteiger partial charge in [0.1, 0.15) is 11.3 Å². The first-order valence-corrected chi connectivity index (χ1v) is 6.61. The molecule has 0 atom stereocenters. The molecule has 1 aromatic carbocycles. The molecule has 0 bridgehead atoms. The van der Waals surface area contributed by atoms with Gasteiger partial charge in [0.2, 0.25) is 11.6 Å². The third-order valence-electron chi connectivity index (χ3n) is 3.01. The van der Waals surface area contributed by atoms with Crippen molar-refractivity contribution in [1.82, 2.24) is 9.97 Å². The molecule has 0 saturated heterocycles. The van der Waals surface area contributed by atoms with Crippen LogP contribution in [0.5, 0.6) is 5.75 Å². The Hall–Kier alpha value is -2.07. The normalized spacial score (nSPS) is 10.9. The molecule has 2 aromatic heterocycles. The maximum Gasteiger partial charge on any atom is 0.247 e. The van der Waals surface area contributed by atoms with Crippen LogP contribution >= 0.6 is 11.6 Å². The average molecular weight is 289 g/mol. The molecule has 0 aliphatic rings. The van der Waals surface area contributed by atoms with Crippen molar-refractivity contribution in [3.05, 3.63) is 52.5 Å². The average Bonchev–Trinajstić information content (AvgIpc) is 2.80. The van der Waals surface area contributed by atoms with Crippen LogP contribution in [0.3, 0.4) is 0 Å². The molecule has 0 radical (unpaired) electrons. The van der Waals surface area contributed by atoms with Crippen molar-refractivity contribution in [3.8, 4) is 5.75 Å². The van der Waals surface area contributed by atoms with E-state index in [1.54, 1.807) is 6.07 Å². The van der Waals surface area contributed by atoms with E-state index >= 15 is 0 Å². The molecule has 0 N–H and O–H groups in total. The molecule has 0 aliphatic heterocycles. The number of aromatic nitrogens is 2. The summed E-state index contributed by atoms with van der Waals surface area (Å²) in [5, 5.41) is 0.535. The number of oxazole rings is 1. The van der Waals surface area contributed by atoms with Crippen LogP contribution in [0.4, 0.5) is 0 Å². The zero-order chi connectivity index (χ0) is 14.1. The van der Waals surface area contributed by atoms with E-state index in [1.165, 1.54) is 6.20 Å². The SMILES string of the molecule is Cc1cccc(C)c1OCc1nc2cc(Cl)cnc2o1. The lowest BCUT2D eigenvalue weighted by Gasteiger charge is -2.09. The Kier molecular flexibility index (Phi) is 3.32. The summed E-state index contributed by atoms with van der Waals surface area (Å²) in [5.74, 6) is 1.35. The number of rotatable bonds is 3. The van der Waals surface area contributed by atoms with Gasteiger partial charge in [-0.15, -0.1) is 0 Å². The van der Waals surface area contributed by atoms with Gasteiger partial charge in [-0.1, -0.05) is 29.8 Å². The van der Waals surface area contributed by atoms with Crippen molar-refractivity contribution in [2.45, 2.75) is 20.5 Å². The monoisotopic (exact) mass is 288 g/mol. The minimum atomic E-state index is 0.264. The van der Waals surface area contributed by atoms with Gasteiger partial charge in [-0.3, -0.25) is 0 Å². The van der Waals surface area contributed by atoms with Crippen molar-refractivity contribution in [2.75, 3.05) is 0 Å². The van der Waals surface area contributed by atoms with E-state index < -0.39 is 0 Å². The molecule has 0 fully saturated rings. The third kappa shape index (κ3) is 2.47. The quantitative estimate of drug-likeness (QED) is 0.729. The minimum absolute atomic E-state index is 0.264. The number of nitrogens with zero attached hydrogens (tertiary/aromatic N) is 2. The zero-order valence-corrected chi connectivity index (χ0v) is 11.9. The highest BCUT2D eigenvalue weighted by molar-refractivity contribution is 6.30. The summed E-state index contributed by atoms with van der Waals surface area (Å²) in [5.41, 5.74) is 3.27. The minimum Gasteiger partial charge on any atom is -0.483 e. The molecular formula is C15H13ClN2O2. The molecule has 0 saturated carbocycles. The van der Waals surface area contributed by atoms with Crippen LogP contribution < -0.4 is 4.74 Å². The van der Waals surface area contributed by atoms with Gasteiger partial charge in [0.25, 0.3) is 0 Å². The maximum atomic E-state index is 5.87. The second kappa shape index (κ2) is 5.13. The standard InChI is InChI=1S/C15H13ClN2O2/c1-9-4-3-5-10(2)14(9)19-8-13-18-12-6-11(16)7-17-15(12)20-13/h3-7H,8H2,1-2H3. The number of pyridine rings is 1. The second-order valence-electron chi connectivity index (χ2n) is 4.60. The first kappa shape index (κ1) is 12.9. The molecule has 5 heteroatoms. The summed E-state index contributed by atoms with van der Waals surface area (Å²) in [6.07, 6.45) is 1.53. The predicted molar refractivity (Wildman–Crippen MR) is 77.1 cm³/mol. The fourth-order valence-electron chi connectivity index (χ4n) is 2.07. The van der Waals surface area contributed by atoms with Gasteiger partial charge >= 0.3 is 0 Å². The van der Waals surface area contributed by atoms with Gasteiger partial charge in [0, 0.05) is 6.20 Å². The highest BCUT2D eigenvalue weighted by Crippen LogP contribution is 2.24. The third-order valence-corrected chi connectivity index (χ3v) is 3.21. The maximum absolute atomic E-state index is 5.87. The molecule has 102 valence electrons. The number of hydrogen-bond donors (Lipinski definition) is 0. The van der Waals surface area contributed by atoms with Crippen molar-refractivity contribution >= 4 is 22.8 Å². The molecule has 0 amide bonds. The Labute approximate surface area is 121 Å². The first-order chi connectivity index (χ1) is 9.63. The van der Waals surface area contributed by atoms with Gasteiger partial charge in [0.15, 0.2) is 6.61 Å². The lowest BCUT2D eigenvalue weighted by atomic mass is 10.1. The predicted octanol–water partition coefficient (Wildman–Crippen LogP) is 4.07. The number of aryl methyl sites for hydroxylation is 2. The molecule has 0 spiro atoms. The zero-order valence-electron chi connectivity index (χ0n) is 11.2. The molecule has 2 heterocycles. The van der Waals surface area contributed by atoms with Crippen LogP contribution in [0, 0.1) is 13.8 Å². The smallest absolute Gasteiger partial charge is 0.247 e. The number of hydrogen-bond acceptors (Lipinski definition) is 4. The van der Waals surface area contributed by atoms with Crippen molar-refractivity contribution in [1.29, 1.82) is 0 Å². The Morgan fingerprint density at radius 3 is 2.75 bits per heavy atom. The molecule has 0 aliphatic carbocycles. The molecule has 3 rings (SSSR count). The van der Waals surface area contributed by atoms with Crippen LogP contribution in [-0.4, -0.2) is 9.97 Å². The number of halogens is 1. The van der Waals surface area contributed by atoms with Crippen molar-refractivity contribution in [3.63, 3.8) is 0 Å². The number of para-hydroxylation sites is 1. The lowest BCUT2D eigenvalue weighted by Crippen LogP contribution is -1.98. The number of ether oxygens (including phenoxy) is 1. The number of benzene rings is 1. The van der Waals surface area contributed by atoms with Crippen molar-refractivity contribution in [2.24, 2.45) is 0 Å². The van der Waals surface area contributed by atoms with E-state index in [-0.39, 0.29) is 6.61 Å². The van der Waals surface area contributed by atoms with Crippen LogP contribution in [-0.2, 0) is 6.61 Å². The highest BCUT2D eigenvalue weighted by Gasteiger charge is 2.10. The Morgan fingerprint density at radius 2 is 2.00 bits per heavy atom. The van der Waals surface area contributed by atoms with Crippen LogP contribution in [0.15, 0.2) is 34.9 Å². The summed E-state index contributed by atoms with van der Waals surface area (Å²) in [7, 11) is 0. The van der Waals surface area contributed by atoms with E-state index in [2.05, 4.69) is 9.97 Å². The lowest BCUT2D eigenvalue weighted by molar-refractivity contribution is 0.263. The first-order valence-electron chi connectivity index (χ1n) is 6.23. The largest absolute Gasteiger partial charge is 0.483 e. The topological polar surface area (TPSA) is 48.2 Å². The fraction of sp³-hybridized carbons (Fsp3) is 0.200. The Balaban J connectivity index is 1.83. The summed E-state index contributed by atoms with van der Waals surface area (Å²) in [6.45, 7) is 4.28. The highest BCUT2D eigenvalue weighted by atomic mass is 35.5. The molecule has 3 aromatic rings. The molecule has 20 heavy (non-hydrogen) atoms. The fourth-order valence-corrected chi connectivity index (χ4v) is 2.22. The molecule has 0 unspecified atom stereocenters. The van der Waals surface area contributed by atoms with E-state index in [4.69, 9.17) is 20.8 Å². The van der Waals surface area contributed by atoms with Crippen molar-refractivity contribution < 1.29 is 9.15 Å². The second-order valence-corrected chi connectivity index (χ2v) is 5.03. The van der Waals surface area contributed by atoms with E-state index in [0.29, 0.717) is 22.1 Å². The van der Waals surface area contributed by atoms with Gasteiger partial charge in [-0.2, -0.15) is 0 Å². The van der Waals surface area contributed by atoms with Gasteiger partial charge in [-0.25, -0.2) is 9.97 Å². The van der Waals surface area contributed by atoms with E-state index in [9.17, 15) is 0 Å². The van der Waals surface area contributed by atoms with Crippen LogP contribution in [0.25, 0.3) is 11.2 Å². The molecule has 4 nitrogen and oxygen atoms in total. The van der Waals surface area contributed by atoms with E-state index in [1.807, 2.05) is 32.0 Å². The summed E-state index contributed by atoms with van der Waals surface area (Å²) >= 11 is 5.87. The van der Waals surface area contributed by atoms with E-state index in [0.717, 1.165) is 16.9 Å². The summed E-state index contributed by atoms with van der Waals surface area (Å²) < 4.78 is 11.3. The summed E-state index contributed by atoms with van der Waals surface area (Å²) in [4.78, 5) is 8.38. The summed E-state index contributed by atoms with van der Waals surface area (Å²) in [6, 6.07) is 7.74. The van der Waals surface area contributed by atoms with Gasteiger partial charge in [-0.05, 0) is 31.0 Å². The van der Waals surface area contributed by atoms with Gasteiger partial charge in [0.05, 0.1) is 5.02 Å². The van der Waals surface area contributed by atoms with Gasteiger partial charge < -0.3 is 9.15 Å².